The molecule has 2 amide bonds. The minimum Gasteiger partial charge on any atom is -0.355 e. The van der Waals surface area contributed by atoms with E-state index in [0.29, 0.717) is 22.5 Å². The summed E-state index contributed by atoms with van der Waals surface area (Å²) in [6.07, 6.45) is 1.95. The molecule has 27 heavy (non-hydrogen) atoms. The molecular weight excluding hydrogens is 358 g/mol. The van der Waals surface area contributed by atoms with Gasteiger partial charge in [-0.25, -0.2) is 0 Å². The van der Waals surface area contributed by atoms with E-state index >= 15 is 0 Å². The molecule has 0 radical (unpaired) electrons. The van der Waals surface area contributed by atoms with Gasteiger partial charge in [0.25, 0.3) is 11.8 Å². The van der Waals surface area contributed by atoms with Crippen molar-refractivity contribution in [2.45, 2.75) is 20.4 Å². The molecule has 1 N–H and O–H groups in total. The zero-order valence-corrected chi connectivity index (χ0v) is 16.3. The van der Waals surface area contributed by atoms with Gasteiger partial charge in [-0.2, -0.15) is 4.99 Å². The van der Waals surface area contributed by atoms with Crippen LogP contribution in [-0.4, -0.2) is 23.4 Å². The summed E-state index contributed by atoms with van der Waals surface area (Å²) in [4.78, 5) is 30.7. The van der Waals surface area contributed by atoms with Crippen molar-refractivity contribution in [3.63, 3.8) is 0 Å². The first-order valence-electron chi connectivity index (χ1n) is 8.60. The van der Waals surface area contributed by atoms with E-state index in [9.17, 15) is 9.59 Å². The number of rotatable bonds is 4. The summed E-state index contributed by atoms with van der Waals surface area (Å²) in [5, 5.41) is 2.66. The van der Waals surface area contributed by atoms with Gasteiger partial charge in [0, 0.05) is 29.2 Å². The fraction of sp³-hybridized carbons (Fsp3) is 0.190. The molecule has 3 aromatic rings. The van der Waals surface area contributed by atoms with E-state index < -0.39 is 0 Å². The Labute approximate surface area is 162 Å². The predicted molar refractivity (Wildman–Crippen MR) is 107 cm³/mol. The van der Waals surface area contributed by atoms with Crippen molar-refractivity contribution in [2.24, 2.45) is 4.99 Å². The van der Waals surface area contributed by atoms with Crippen LogP contribution in [0.3, 0.4) is 0 Å². The van der Waals surface area contributed by atoms with Crippen molar-refractivity contribution < 1.29 is 9.59 Å². The summed E-state index contributed by atoms with van der Waals surface area (Å²) in [5.74, 6) is -0.402. The fourth-order valence-electron chi connectivity index (χ4n) is 2.83. The van der Waals surface area contributed by atoms with Crippen molar-refractivity contribution >= 4 is 23.2 Å². The molecule has 2 aromatic carbocycles. The standard InChI is InChI=1S/C21H21N3O2S/c1-14-7-6-9-16(11-14)19(25)23-21-24(12-15(2)27-21)13-17-8-4-5-10-18(17)20(26)22-3/h4-12H,13H2,1-3H3,(H,22,26). The summed E-state index contributed by atoms with van der Waals surface area (Å²) >= 11 is 1.46. The summed E-state index contributed by atoms with van der Waals surface area (Å²) in [6, 6.07) is 14.8. The molecule has 3 rings (SSSR count). The van der Waals surface area contributed by atoms with Crippen LogP contribution in [-0.2, 0) is 6.54 Å². The number of carbonyl (C=O) groups excluding carboxylic acids is 2. The second-order valence-corrected chi connectivity index (χ2v) is 7.49. The molecule has 1 aromatic heterocycles. The van der Waals surface area contributed by atoms with Crippen LogP contribution < -0.4 is 10.1 Å². The van der Waals surface area contributed by atoms with Gasteiger partial charge in [0.2, 0.25) is 0 Å². The van der Waals surface area contributed by atoms with Gasteiger partial charge in [-0.05, 0) is 37.6 Å². The Morgan fingerprint density at radius 1 is 1.11 bits per heavy atom. The number of hydrogen-bond donors (Lipinski definition) is 1. The average molecular weight is 379 g/mol. The maximum Gasteiger partial charge on any atom is 0.279 e. The highest BCUT2D eigenvalue weighted by Gasteiger charge is 2.11. The second kappa shape index (κ2) is 8.14. The van der Waals surface area contributed by atoms with Gasteiger partial charge in [0.05, 0.1) is 6.54 Å². The highest BCUT2D eigenvalue weighted by Crippen LogP contribution is 2.12. The van der Waals surface area contributed by atoms with Gasteiger partial charge in [0.1, 0.15) is 0 Å². The first-order valence-corrected chi connectivity index (χ1v) is 9.42. The molecular formula is C21H21N3O2S. The van der Waals surface area contributed by atoms with Crippen molar-refractivity contribution in [1.82, 2.24) is 9.88 Å². The quantitative estimate of drug-likeness (QED) is 0.756. The Morgan fingerprint density at radius 3 is 2.63 bits per heavy atom. The third kappa shape index (κ3) is 4.41. The van der Waals surface area contributed by atoms with E-state index in [2.05, 4.69) is 10.3 Å². The number of nitrogens with zero attached hydrogens (tertiary/aromatic N) is 2. The minimum atomic E-state index is -0.270. The summed E-state index contributed by atoms with van der Waals surface area (Å²) in [7, 11) is 1.61. The SMILES string of the molecule is CNC(=O)c1ccccc1Cn1cc(C)sc1=NC(=O)c1cccc(C)c1. The Morgan fingerprint density at radius 2 is 1.89 bits per heavy atom. The van der Waals surface area contributed by atoms with Crippen LogP contribution in [0.4, 0.5) is 0 Å². The summed E-state index contributed by atoms with van der Waals surface area (Å²) < 4.78 is 1.91. The third-order valence-electron chi connectivity index (χ3n) is 4.13. The Balaban J connectivity index is 1.98. The van der Waals surface area contributed by atoms with Crippen LogP contribution >= 0.6 is 11.3 Å². The Hall–Kier alpha value is -2.99. The topological polar surface area (TPSA) is 63.5 Å². The maximum absolute atomic E-state index is 12.6. The smallest absolute Gasteiger partial charge is 0.279 e. The zero-order valence-electron chi connectivity index (χ0n) is 15.5. The highest BCUT2D eigenvalue weighted by molar-refractivity contribution is 7.09. The molecule has 0 spiro atoms. The van der Waals surface area contributed by atoms with Crippen LogP contribution in [0.15, 0.2) is 59.7 Å². The highest BCUT2D eigenvalue weighted by atomic mass is 32.1. The number of carbonyl (C=O) groups is 2. The van der Waals surface area contributed by atoms with E-state index in [0.717, 1.165) is 16.0 Å². The monoisotopic (exact) mass is 379 g/mol. The van der Waals surface area contributed by atoms with Gasteiger partial charge in [-0.1, -0.05) is 35.9 Å². The fourth-order valence-corrected chi connectivity index (χ4v) is 3.66. The number of amides is 2. The molecule has 0 saturated carbocycles. The van der Waals surface area contributed by atoms with Crippen molar-refractivity contribution in [3.05, 3.63) is 86.7 Å². The number of hydrogen-bond acceptors (Lipinski definition) is 3. The van der Waals surface area contributed by atoms with Crippen LogP contribution in [0.1, 0.15) is 36.7 Å². The molecule has 0 aliphatic rings. The number of nitrogens with one attached hydrogen (secondary N) is 1. The average Bonchev–Trinajstić information content (AvgIpc) is 3.00. The molecule has 0 atom stereocenters. The molecule has 0 saturated heterocycles. The Bertz CT molecular complexity index is 1060. The zero-order chi connectivity index (χ0) is 19.4. The van der Waals surface area contributed by atoms with Gasteiger partial charge in [-0.3, -0.25) is 9.59 Å². The summed E-state index contributed by atoms with van der Waals surface area (Å²) in [5.41, 5.74) is 3.08. The molecule has 138 valence electrons. The van der Waals surface area contributed by atoms with Crippen LogP contribution in [0.25, 0.3) is 0 Å². The third-order valence-corrected chi connectivity index (χ3v) is 5.06. The minimum absolute atomic E-state index is 0.132. The first kappa shape index (κ1) is 18.8. The molecule has 0 aliphatic heterocycles. The van der Waals surface area contributed by atoms with E-state index in [1.165, 1.54) is 11.3 Å². The van der Waals surface area contributed by atoms with Crippen molar-refractivity contribution in [3.8, 4) is 0 Å². The molecule has 0 bridgehead atoms. The van der Waals surface area contributed by atoms with Gasteiger partial charge < -0.3 is 9.88 Å². The number of aryl methyl sites for hydroxylation is 2. The lowest BCUT2D eigenvalue weighted by atomic mass is 10.1. The van der Waals surface area contributed by atoms with E-state index in [-0.39, 0.29) is 11.8 Å². The molecule has 5 nitrogen and oxygen atoms in total. The van der Waals surface area contributed by atoms with Crippen molar-refractivity contribution in [2.75, 3.05) is 7.05 Å². The Kier molecular flexibility index (Phi) is 5.66. The van der Waals surface area contributed by atoms with Gasteiger partial charge in [0.15, 0.2) is 4.80 Å². The lowest BCUT2D eigenvalue weighted by Crippen LogP contribution is -2.22. The number of aromatic nitrogens is 1. The van der Waals surface area contributed by atoms with Gasteiger partial charge >= 0.3 is 0 Å². The van der Waals surface area contributed by atoms with Gasteiger partial charge in [-0.15, -0.1) is 11.3 Å². The first-order chi connectivity index (χ1) is 13.0. The molecule has 0 fully saturated rings. The van der Waals surface area contributed by atoms with Crippen LogP contribution in [0.2, 0.25) is 0 Å². The second-order valence-electron chi connectivity index (χ2n) is 6.27. The van der Waals surface area contributed by atoms with Crippen molar-refractivity contribution in [1.29, 1.82) is 0 Å². The molecule has 6 heteroatoms. The van der Waals surface area contributed by atoms with Crippen LogP contribution in [0.5, 0.6) is 0 Å². The van der Waals surface area contributed by atoms with E-state index in [1.807, 2.05) is 61.0 Å². The van der Waals surface area contributed by atoms with Crippen LogP contribution in [0, 0.1) is 13.8 Å². The normalized spacial score (nSPS) is 11.4. The number of benzene rings is 2. The predicted octanol–water partition coefficient (Wildman–Crippen LogP) is 3.32. The van der Waals surface area contributed by atoms with E-state index in [1.54, 1.807) is 19.2 Å². The largest absolute Gasteiger partial charge is 0.355 e. The lowest BCUT2D eigenvalue weighted by Gasteiger charge is -2.09. The number of thiazole rings is 1. The maximum atomic E-state index is 12.6. The molecule has 0 unspecified atom stereocenters. The van der Waals surface area contributed by atoms with E-state index in [4.69, 9.17) is 0 Å². The lowest BCUT2D eigenvalue weighted by molar-refractivity contribution is 0.0960. The summed E-state index contributed by atoms with van der Waals surface area (Å²) in [6.45, 7) is 4.39. The molecule has 0 aliphatic carbocycles. The molecule has 1 heterocycles.